The molecule has 1 heterocycles. The van der Waals surface area contributed by atoms with E-state index in [1.165, 1.54) is 0 Å². The first-order valence-corrected chi connectivity index (χ1v) is 7.72. The summed E-state index contributed by atoms with van der Waals surface area (Å²) in [6, 6.07) is 0.799. The second kappa shape index (κ2) is 6.22. The normalized spacial score (nSPS) is 24.3. The number of amides is 2. The van der Waals surface area contributed by atoms with Gasteiger partial charge in [-0.05, 0) is 12.8 Å². The number of Topliss-reactive ketones (excluding diaryl/α,β-unsaturated/α-hetero) is 1. The lowest BCUT2D eigenvalue weighted by Crippen LogP contribution is -2.54. The van der Waals surface area contributed by atoms with E-state index in [1.54, 1.807) is 4.90 Å². The van der Waals surface area contributed by atoms with Gasteiger partial charge in [0, 0.05) is 42.7 Å². The molecule has 1 saturated carbocycles. The molecule has 1 saturated heterocycles. The quantitative estimate of drug-likeness (QED) is 0.804. The standard InChI is InChI=1S/C16H17F3N2O2/c17-11-7-9(8-12(18)15(11)19)20-16(23)21-6-5-14(22)10-3-1-2-4-13(10)21/h7-8,10,13H,1-6H2,(H,20,23)/t10-,13+/m0/s1. The van der Waals surface area contributed by atoms with E-state index >= 15 is 0 Å². The van der Waals surface area contributed by atoms with Crippen LogP contribution in [0.5, 0.6) is 0 Å². The fourth-order valence-electron chi connectivity index (χ4n) is 3.52. The first-order valence-electron chi connectivity index (χ1n) is 7.72. The molecule has 23 heavy (non-hydrogen) atoms. The van der Waals surface area contributed by atoms with Gasteiger partial charge in [0.25, 0.3) is 0 Å². The van der Waals surface area contributed by atoms with Gasteiger partial charge in [0.2, 0.25) is 0 Å². The highest BCUT2D eigenvalue weighted by Crippen LogP contribution is 2.33. The average molecular weight is 326 g/mol. The number of nitrogens with zero attached hydrogens (tertiary/aromatic N) is 1. The zero-order valence-corrected chi connectivity index (χ0v) is 12.4. The molecule has 1 aliphatic heterocycles. The van der Waals surface area contributed by atoms with Crippen molar-refractivity contribution in [2.24, 2.45) is 5.92 Å². The number of nitrogens with one attached hydrogen (secondary N) is 1. The molecule has 0 bridgehead atoms. The summed E-state index contributed by atoms with van der Waals surface area (Å²) in [7, 11) is 0. The molecule has 0 unspecified atom stereocenters. The van der Waals surface area contributed by atoms with Gasteiger partial charge in [-0.15, -0.1) is 0 Å². The predicted octanol–water partition coefficient (Wildman–Crippen LogP) is 3.47. The molecule has 0 spiro atoms. The van der Waals surface area contributed by atoms with Crippen molar-refractivity contribution in [2.75, 3.05) is 11.9 Å². The number of likely N-dealkylation sites (tertiary alicyclic amines) is 1. The zero-order valence-electron chi connectivity index (χ0n) is 12.4. The molecule has 1 N–H and O–H groups in total. The fraction of sp³-hybridized carbons (Fsp3) is 0.500. The van der Waals surface area contributed by atoms with Gasteiger partial charge in [0.1, 0.15) is 5.78 Å². The Balaban J connectivity index is 1.76. The second-order valence-electron chi connectivity index (χ2n) is 6.05. The van der Waals surface area contributed by atoms with Crippen molar-refractivity contribution in [1.82, 2.24) is 4.90 Å². The number of carbonyl (C=O) groups excluding carboxylic acids is 2. The van der Waals surface area contributed by atoms with Crippen molar-refractivity contribution in [1.29, 1.82) is 0 Å². The van der Waals surface area contributed by atoms with Crippen LogP contribution in [0.1, 0.15) is 32.1 Å². The van der Waals surface area contributed by atoms with Crippen LogP contribution in [0.25, 0.3) is 0 Å². The molecule has 7 heteroatoms. The van der Waals surface area contributed by atoms with Crippen molar-refractivity contribution in [3.8, 4) is 0 Å². The first-order chi connectivity index (χ1) is 11.0. The van der Waals surface area contributed by atoms with Gasteiger partial charge in [-0.1, -0.05) is 12.8 Å². The number of benzene rings is 1. The van der Waals surface area contributed by atoms with Gasteiger partial charge < -0.3 is 10.2 Å². The van der Waals surface area contributed by atoms with Crippen molar-refractivity contribution in [3.63, 3.8) is 0 Å². The molecule has 124 valence electrons. The Morgan fingerprint density at radius 2 is 1.78 bits per heavy atom. The maximum Gasteiger partial charge on any atom is 0.322 e. The van der Waals surface area contributed by atoms with E-state index in [1.807, 2.05) is 0 Å². The smallest absolute Gasteiger partial charge is 0.320 e. The molecule has 0 radical (unpaired) electrons. The van der Waals surface area contributed by atoms with Crippen molar-refractivity contribution >= 4 is 17.5 Å². The SMILES string of the molecule is O=C1CCN(C(=O)Nc2cc(F)c(F)c(F)c2)[C@@H]2CCCC[C@H]12. The molecule has 3 rings (SSSR count). The molecule has 2 fully saturated rings. The van der Waals surface area contributed by atoms with Crippen LogP contribution in [0.3, 0.4) is 0 Å². The van der Waals surface area contributed by atoms with Crippen molar-refractivity contribution < 1.29 is 22.8 Å². The number of ketones is 1. The van der Waals surface area contributed by atoms with Crippen LogP contribution in [0.15, 0.2) is 12.1 Å². The molecule has 0 aromatic heterocycles. The lowest BCUT2D eigenvalue weighted by Gasteiger charge is -2.42. The molecule has 1 aliphatic carbocycles. The van der Waals surface area contributed by atoms with Gasteiger partial charge >= 0.3 is 6.03 Å². The Hall–Kier alpha value is -2.05. The zero-order chi connectivity index (χ0) is 16.6. The minimum atomic E-state index is -1.57. The number of fused-ring (bicyclic) bond motifs is 1. The number of anilines is 1. The summed E-state index contributed by atoms with van der Waals surface area (Å²) in [5.41, 5.74) is -0.143. The van der Waals surface area contributed by atoms with Crippen LogP contribution in [-0.2, 0) is 4.79 Å². The van der Waals surface area contributed by atoms with Gasteiger partial charge in [-0.3, -0.25) is 4.79 Å². The summed E-state index contributed by atoms with van der Waals surface area (Å²) in [6.45, 7) is 0.290. The number of hydrogen-bond acceptors (Lipinski definition) is 2. The largest absolute Gasteiger partial charge is 0.322 e. The topological polar surface area (TPSA) is 49.4 Å². The molecule has 4 nitrogen and oxygen atoms in total. The molecular weight excluding hydrogens is 309 g/mol. The number of hydrogen-bond donors (Lipinski definition) is 1. The third kappa shape index (κ3) is 3.04. The number of carbonyl (C=O) groups is 2. The Morgan fingerprint density at radius 3 is 2.48 bits per heavy atom. The Morgan fingerprint density at radius 1 is 1.13 bits per heavy atom. The van der Waals surface area contributed by atoms with Crippen LogP contribution in [-0.4, -0.2) is 29.3 Å². The molecule has 1 aromatic carbocycles. The van der Waals surface area contributed by atoms with Crippen LogP contribution < -0.4 is 5.32 Å². The van der Waals surface area contributed by atoms with Crippen molar-refractivity contribution in [2.45, 2.75) is 38.1 Å². The molecule has 2 atom stereocenters. The Bertz CT molecular complexity index is 627. The Labute approximate surface area is 131 Å². The van der Waals surface area contributed by atoms with Gasteiger partial charge in [0.15, 0.2) is 17.5 Å². The minimum Gasteiger partial charge on any atom is -0.320 e. The number of piperidine rings is 1. The average Bonchev–Trinajstić information content (AvgIpc) is 2.53. The molecule has 2 aliphatic rings. The summed E-state index contributed by atoms with van der Waals surface area (Å²) in [5.74, 6) is -4.25. The maximum absolute atomic E-state index is 13.2. The van der Waals surface area contributed by atoms with E-state index < -0.39 is 23.5 Å². The van der Waals surface area contributed by atoms with E-state index in [9.17, 15) is 22.8 Å². The highest BCUT2D eigenvalue weighted by Gasteiger charge is 2.40. The van der Waals surface area contributed by atoms with Crippen LogP contribution in [0.4, 0.5) is 23.7 Å². The van der Waals surface area contributed by atoms with Gasteiger partial charge in [0.05, 0.1) is 0 Å². The lowest BCUT2D eigenvalue weighted by molar-refractivity contribution is -0.129. The fourth-order valence-corrected chi connectivity index (χ4v) is 3.52. The minimum absolute atomic E-state index is 0.143. The van der Waals surface area contributed by atoms with E-state index in [2.05, 4.69) is 5.32 Å². The van der Waals surface area contributed by atoms with Gasteiger partial charge in [-0.2, -0.15) is 0 Å². The Kier molecular flexibility index (Phi) is 4.28. The van der Waals surface area contributed by atoms with Gasteiger partial charge in [-0.25, -0.2) is 18.0 Å². The number of halogens is 3. The second-order valence-corrected chi connectivity index (χ2v) is 6.05. The van der Waals surface area contributed by atoms with E-state index in [0.717, 1.165) is 37.8 Å². The number of rotatable bonds is 1. The summed E-state index contributed by atoms with van der Waals surface area (Å²) in [5, 5.41) is 2.40. The van der Waals surface area contributed by atoms with E-state index in [0.29, 0.717) is 6.42 Å². The summed E-state index contributed by atoms with van der Waals surface area (Å²) in [6.07, 6.45) is 3.72. The molecular formula is C16H17F3N2O2. The summed E-state index contributed by atoms with van der Waals surface area (Å²) >= 11 is 0. The molecule has 1 aromatic rings. The summed E-state index contributed by atoms with van der Waals surface area (Å²) < 4.78 is 39.4. The van der Waals surface area contributed by atoms with E-state index in [-0.39, 0.29) is 30.0 Å². The van der Waals surface area contributed by atoms with Crippen LogP contribution >= 0.6 is 0 Å². The highest BCUT2D eigenvalue weighted by atomic mass is 19.2. The highest BCUT2D eigenvalue weighted by molar-refractivity contribution is 5.92. The first kappa shape index (κ1) is 15.8. The monoisotopic (exact) mass is 326 g/mol. The molecule has 2 amide bonds. The third-order valence-electron chi connectivity index (χ3n) is 4.64. The number of urea groups is 1. The van der Waals surface area contributed by atoms with E-state index in [4.69, 9.17) is 0 Å². The predicted molar refractivity (Wildman–Crippen MR) is 77.4 cm³/mol. The van der Waals surface area contributed by atoms with Crippen molar-refractivity contribution in [3.05, 3.63) is 29.6 Å². The van der Waals surface area contributed by atoms with Crippen LogP contribution in [0.2, 0.25) is 0 Å². The summed E-state index contributed by atoms with van der Waals surface area (Å²) in [4.78, 5) is 25.9. The van der Waals surface area contributed by atoms with Crippen LogP contribution in [0, 0.1) is 23.4 Å². The maximum atomic E-state index is 13.2. The third-order valence-corrected chi connectivity index (χ3v) is 4.64. The lowest BCUT2D eigenvalue weighted by atomic mass is 9.77.